The highest BCUT2D eigenvalue weighted by Gasteiger charge is 2.20. The maximum atomic E-state index is 12.9. The van der Waals surface area contributed by atoms with Crippen LogP contribution in [0.15, 0.2) is 48.5 Å². The molecule has 0 radical (unpaired) electrons. The summed E-state index contributed by atoms with van der Waals surface area (Å²) in [4.78, 5) is 27.2. The highest BCUT2D eigenvalue weighted by Crippen LogP contribution is 2.31. The Kier molecular flexibility index (Phi) is 5.51. The van der Waals surface area contributed by atoms with Crippen molar-refractivity contribution in [1.29, 1.82) is 0 Å². The summed E-state index contributed by atoms with van der Waals surface area (Å²) >= 11 is 0. The van der Waals surface area contributed by atoms with Crippen molar-refractivity contribution in [3.63, 3.8) is 0 Å². The van der Waals surface area contributed by atoms with E-state index in [4.69, 9.17) is 0 Å². The Morgan fingerprint density at radius 3 is 2.23 bits per heavy atom. The number of carbonyl (C=O) groups excluding carboxylic acids is 1. The lowest BCUT2D eigenvalue weighted by Gasteiger charge is -2.29. The normalized spacial score (nSPS) is 14.6. The quantitative estimate of drug-likeness (QED) is 0.609. The van der Waals surface area contributed by atoms with Gasteiger partial charge < -0.3 is 9.80 Å². The van der Waals surface area contributed by atoms with Crippen molar-refractivity contribution in [2.45, 2.75) is 25.7 Å². The highest BCUT2D eigenvalue weighted by molar-refractivity contribution is 6.07. The minimum atomic E-state index is -0.466. The molecule has 0 unspecified atom stereocenters. The molecule has 3 rings (SSSR count). The Morgan fingerprint density at radius 2 is 1.62 bits per heavy atom. The smallest absolute Gasteiger partial charge is 0.269 e. The molecule has 0 spiro atoms. The molecular weight excluding hydrogens is 330 g/mol. The van der Waals surface area contributed by atoms with E-state index < -0.39 is 4.92 Å². The lowest BCUT2D eigenvalue weighted by Crippen LogP contribution is -2.30. The molecule has 2 aromatic rings. The molecule has 1 aliphatic heterocycles. The number of amides is 1. The number of para-hydroxylation sites is 2. The largest absolute Gasteiger partial charge is 0.370 e. The highest BCUT2D eigenvalue weighted by atomic mass is 16.6. The molecular formula is C20H23N3O3. The second-order valence-electron chi connectivity index (χ2n) is 6.56. The van der Waals surface area contributed by atoms with Gasteiger partial charge >= 0.3 is 0 Å². The van der Waals surface area contributed by atoms with E-state index in [-0.39, 0.29) is 11.6 Å². The SMILES string of the molecule is CN(C(=O)c1ccc([N+](=O)[O-])cc1)c1ccccc1N1CCCCCC1. The second-order valence-corrected chi connectivity index (χ2v) is 6.56. The summed E-state index contributed by atoms with van der Waals surface area (Å²) in [6, 6.07) is 13.7. The maximum absolute atomic E-state index is 12.9. The number of nitrogens with zero attached hydrogens (tertiary/aromatic N) is 3. The van der Waals surface area contributed by atoms with Crippen LogP contribution in [0.4, 0.5) is 17.1 Å². The third-order valence-electron chi connectivity index (χ3n) is 4.82. The average Bonchev–Trinajstić information content (AvgIpc) is 2.96. The van der Waals surface area contributed by atoms with Crippen LogP contribution in [0, 0.1) is 10.1 Å². The van der Waals surface area contributed by atoms with Gasteiger partial charge in [-0.3, -0.25) is 14.9 Å². The predicted molar refractivity (Wildman–Crippen MR) is 103 cm³/mol. The third-order valence-corrected chi connectivity index (χ3v) is 4.82. The summed E-state index contributed by atoms with van der Waals surface area (Å²) in [6.45, 7) is 1.99. The average molecular weight is 353 g/mol. The summed E-state index contributed by atoms with van der Waals surface area (Å²) < 4.78 is 0. The second kappa shape index (κ2) is 7.99. The Labute approximate surface area is 153 Å². The van der Waals surface area contributed by atoms with Crippen molar-refractivity contribution in [3.05, 3.63) is 64.2 Å². The first-order chi connectivity index (χ1) is 12.6. The lowest BCUT2D eigenvalue weighted by atomic mass is 10.1. The maximum Gasteiger partial charge on any atom is 0.269 e. The van der Waals surface area contributed by atoms with Crippen molar-refractivity contribution < 1.29 is 9.72 Å². The van der Waals surface area contributed by atoms with Crippen molar-refractivity contribution in [1.82, 2.24) is 0 Å². The van der Waals surface area contributed by atoms with Gasteiger partial charge in [0.15, 0.2) is 0 Å². The zero-order chi connectivity index (χ0) is 18.5. The van der Waals surface area contributed by atoms with Crippen LogP contribution in [0.5, 0.6) is 0 Å². The van der Waals surface area contributed by atoms with E-state index in [0.717, 1.165) is 37.3 Å². The molecule has 0 atom stereocenters. The first kappa shape index (κ1) is 17.9. The summed E-state index contributed by atoms with van der Waals surface area (Å²) in [6.07, 6.45) is 4.81. The monoisotopic (exact) mass is 353 g/mol. The number of rotatable bonds is 4. The standard InChI is InChI=1S/C20H23N3O3/c1-21(20(24)16-10-12-17(13-11-16)23(25)26)18-8-4-5-9-19(18)22-14-6-2-3-7-15-22/h4-5,8-13H,2-3,6-7,14-15H2,1H3. The third kappa shape index (κ3) is 3.85. The fourth-order valence-corrected chi connectivity index (χ4v) is 3.36. The summed E-state index contributed by atoms with van der Waals surface area (Å²) in [5.74, 6) is -0.179. The van der Waals surface area contributed by atoms with Crippen LogP contribution in [-0.2, 0) is 0 Å². The van der Waals surface area contributed by atoms with Crippen LogP contribution in [0.2, 0.25) is 0 Å². The number of hydrogen-bond donors (Lipinski definition) is 0. The number of anilines is 2. The first-order valence-electron chi connectivity index (χ1n) is 8.94. The molecule has 6 nitrogen and oxygen atoms in total. The molecule has 0 saturated carbocycles. The van der Waals surface area contributed by atoms with Crippen LogP contribution in [0.25, 0.3) is 0 Å². The molecule has 1 fully saturated rings. The number of non-ortho nitro benzene ring substituents is 1. The van der Waals surface area contributed by atoms with E-state index in [9.17, 15) is 14.9 Å². The van der Waals surface area contributed by atoms with Gasteiger partial charge in [0.25, 0.3) is 11.6 Å². The van der Waals surface area contributed by atoms with Crippen LogP contribution in [0.1, 0.15) is 36.0 Å². The number of nitro benzene ring substituents is 1. The van der Waals surface area contributed by atoms with Gasteiger partial charge in [-0.15, -0.1) is 0 Å². The molecule has 1 saturated heterocycles. The lowest BCUT2D eigenvalue weighted by molar-refractivity contribution is -0.384. The van der Waals surface area contributed by atoms with Gasteiger partial charge in [0.2, 0.25) is 0 Å². The molecule has 26 heavy (non-hydrogen) atoms. The Balaban J connectivity index is 1.86. The van der Waals surface area contributed by atoms with Crippen LogP contribution >= 0.6 is 0 Å². The van der Waals surface area contributed by atoms with Gasteiger partial charge in [0.05, 0.1) is 16.3 Å². The van der Waals surface area contributed by atoms with Crippen molar-refractivity contribution in [2.24, 2.45) is 0 Å². The van der Waals surface area contributed by atoms with Gasteiger partial charge in [0.1, 0.15) is 0 Å². The minimum absolute atomic E-state index is 0.0193. The zero-order valence-electron chi connectivity index (χ0n) is 14.9. The van der Waals surface area contributed by atoms with Gasteiger partial charge in [-0.05, 0) is 37.1 Å². The minimum Gasteiger partial charge on any atom is -0.370 e. The summed E-state index contributed by atoms with van der Waals surface area (Å²) in [5, 5.41) is 10.8. The Bertz CT molecular complexity index is 781. The molecule has 2 aromatic carbocycles. The number of benzene rings is 2. The zero-order valence-corrected chi connectivity index (χ0v) is 14.9. The molecule has 1 amide bonds. The van der Waals surface area contributed by atoms with Crippen molar-refractivity contribution in [2.75, 3.05) is 29.9 Å². The van der Waals surface area contributed by atoms with E-state index >= 15 is 0 Å². The van der Waals surface area contributed by atoms with E-state index in [2.05, 4.69) is 11.0 Å². The van der Waals surface area contributed by atoms with Gasteiger partial charge in [-0.1, -0.05) is 25.0 Å². The fourth-order valence-electron chi connectivity index (χ4n) is 3.36. The topological polar surface area (TPSA) is 66.7 Å². The molecule has 0 aromatic heterocycles. The van der Waals surface area contributed by atoms with Crippen LogP contribution < -0.4 is 9.80 Å². The molecule has 0 bridgehead atoms. The van der Waals surface area contributed by atoms with Gasteiger partial charge in [-0.2, -0.15) is 0 Å². The molecule has 0 aliphatic carbocycles. The van der Waals surface area contributed by atoms with Crippen LogP contribution in [0.3, 0.4) is 0 Å². The summed E-state index contributed by atoms with van der Waals surface area (Å²) in [5.41, 5.74) is 2.34. The van der Waals surface area contributed by atoms with E-state index in [0.29, 0.717) is 5.56 Å². The number of carbonyl (C=O) groups is 1. The molecule has 1 aliphatic rings. The van der Waals surface area contributed by atoms with Crippen molar-refractivity contribution in [3.8, 4) is 0 Å². The first-order valence-corrected chi connectivity index (χ1v) is 8.94. The Morgan fingerprint density at radius 1 is 1.00 bits per heavy atom. The summed E-state index contributed by atoms with van der Waals surface area (Å²) in [7, 11) is 1.75. The van der Waals surface area contributed by atoms with E-state index in [1.54, 1.807) is 11.9 Å². The number of hydrogen-bond acceptors (Lipinski definition) is 4. The van der Waals surface area contributed by atoms with E-state index in [1.165, 1.54) is 37.1 Å². The molecule has 0 N–H and O–H groups in total. The number of nitro groups is 1. The predicted octanol–water partition coefficient (Wildman–Crippen LogP) is 4.25. The molecule has 136 valence electrons. The molecule has 1 heterocycles. The fraction of sp³-hybridized carbons (Fsp3) is 0.350. The van der Waals surface area contributed by atoms with Crippen LogP contribution in [-0.4, -0.2) is 31.0 Å². The Hall–Kier alpha value is -2.89. The van der Waals surface area contributed by atoms with Gasteiger partial charge in [0, 0.05) is 37.8 Å². The molecule has 6 heteroatoms. The van der Waals surface area contributed by atoms with Gasteiger partial charge in [-0.25, -0.2) is 0 Å². The van der Waals surface area contributed by atoms with E-state index in [1.807, 2.05) is 18.2 Å². The van der Waals surface area contributed by atoms with Crippen molar-refractivity contribution >= 4 is 23.0 Å².